The van der Waals surface area contributed by atoms with E-state index in [2.05, 4.69) is 18.5 Å². The highest BCUT2D eigenvalue weighted by Crippen LogP contribution is 2.25. The molecule has 0 fully saturated rings. The molecule has 0 saturated heterocycles. The van der Waals surface area contributed by atoms with E-state index in [1.807, 2.05) is 22.8 Å². The largest absolute Gasteiger partial charge is 0.337 e. The maximum atomic E-state index is 11.1. The molecule has 1 aromatic heterocycles. The molecule has 0 spiro atoms. The molecule has 0 aromatic carbocycles. The van der Waals surface area contributed by atoms with Crippen LogP contribution in [-0.4, -0.2) is 21.7 Å². The van der Waals surface area contributed by atoms with E-state index in [9.17, 15) is 4.79 Å². The summed E-state index contributed by atoms with van der Waals surface area (Å²) in [6.07, 6.45) is 0. The second kappa shape index (κ2) is 3.50. The van der Waals surface area contributed by atoms with E-state index in [-0.39, 0.29) is 5.69 Å². The minimum atomic E-state index is -0.473. The van der Waals surface area contributed by atoms with Crippen LogP contribution >= 0.6 is 8.00 Å². The molecule has 1 aromatic rings. The van der Waals surface area contributed by atoms with Gasteiger partial charge in [0, 0.05) is 27.2 Å². The fourth-order valence-corrected chi connectivity index (χ4v) is 3.50. The molecular formula is C7H16N3OP. The second-order valence-corrected chi connectivity index (χ2v) is 5.04. The van der Waals surface area contributed by atoms with E-state index < -0.39 is 8.00 Å². The van der Waals surface area contributed by atoms with Crippen molar-refractivity contribution in [2.45, 2.75) is 13.8 Å². The van der Waals surface area contributed by atoms with Crippen LogP contribution in [0.25, 0.3) is 0 Å². The lowest BCUT2D eigenvalue weighted by molar-refractivity contribution is 0.727. The molecule has 12 heavy (non-hydrogen) atoms. The maximum absolute atomic E-state index is 11.1. The summed E-state index contributed by atoms with van der Waals surface area (Å²) in [5, 5.41) is 0. The fraction of sp³-hybridized carbons (Fsp3) is 0.857. The first-order valence-corrected chi connectivity index (χ1v) is 5.39. The van der Waals surface area contributed by atoms with Crippen molar-refractivity contribution in [3.8, 4) is 0 Å². The quantitative estimate of drug-likeness (QED) is 0.700. The second-order valence-electron chi connectivity index (χ2n) is 2.74. The topological polar surface area (TPSA) is 30.2 Å². The number of aromatic nitrogens is 2. The first-order chi connectivity index (χ1) is 5.63. The van der Waals surface area contributed by atoms with Gasteiger partial charge in [-0.2, -0.15) is 0 Å². The summed E-state index contributed by atoms with van der Waals surface area (Å²) >= 11 is 0. The molecule has 0 N–H and O–H groups in total. The molecule has 0 bridgehead atoms. The predicted molar refractivity (Wildman–Crippen MR) is 52.7 cm³/mol. The molecular weight excluding hydrogens is 173 g/mol. The van der Waals surface area contributed by atoms with Gasteiger partial charge in [0.25, 0.3) is 0 Å². The molecule has 0 saturated carbocycles. The van der Waals surface area contributed by atoms with Crippen LogP contribution in [0, 0.1) is 0 Å². The van der Waals surface area contributed by atoms with Crippen molar-refractivity contribution >= 4 is 8.00 Å². The van der Waals surface area contributed by atoms with Crippen LogP contribution in [-0.2, 0) is 14.1 Å². The predicted octanol–water partition coefficient (Wildman–Crippen LogP) is 0.688. The van der Waals surface area contributed by atoms with Gasteiger partial charge in [-0.25, -0.2) is 9.46 Å². The number of hydrogen-bond donors (Lipinski definition) is 0. The van der Waals surface area contributed by atoms with Gasteiger partial charge in [0.15, 0.2) is 0 Å². The highest BCUT2D eigenvalue weighted by atomic mass is 31.1. The highest BCUT2D eigenvalue weighted by molar-refractivity contribution is 7.44. The van der Waals surface area contributed by atoms with Crippen molar-refractivity contribution in [1.82, 2.24) is 8.66 Å². The summed E-state index contributed by atoms with van der Waals surface area (Å²) in [5.41, 5.74) is 0.132. The van der Waals surface area contributed by atoms with Crippen LogP contribution in [0.5, 0.6) is 0 Å². The van der Waals surface area contributed by atoms with E-state index >= 15 is 0 Å². The van der Waals surface area contributed by atoms with Gasteiger partial charge in [-0.15, -0.1) is 0 Å². The van der Waals surface area contributed by atoms with Gasteiger partial charge in [-0.3, -0.25) is 8.66 Å². The lowest BCUT2D eigenvalue weighted by Crippen LogP contribution is -2.39. The van der Waals surface area contributed by atoms with Crippen molar-refractivity contribution in [3.63, 3.8) is 0 Å². The van der Waals surface area contributed by atoms with Crippen molar-refractivity contribution in [2.75, 3.05) is 17.8 Å². The Balaban J connectivity index is 2.96. The minimum Gasteiger partial charge on any atom is -0.261 e. The number of nitrogens with zero attached hydrogens (tertiary/aromatic N) is 3. The molecule has 0 unspecified atom stereocenters. The molecule has 70 valence electrons. The molecule has 0 radical (unpaired) electrons. The van der Waals surface area contributed by atoms with Gasteiger partial charge in [0.05, 0.1) is 0 Å². The zero-order chi connectivity index (χ0) is 9.30. The molecule has 0 aliphatic rings. The molecule has 1 rings (SSSR count). The van der Waals surface area contributed by atoms with Crippen molar-refractivity contribution in [2.24, 2.45) is 14.1 Å². The number of hydrogen-bond acceptors (Lipinski definition) is 2. The minimum absolute atomic E-state index is 0.132. The number of rotatable bonds is 3. The Bertz CT molecular complexity index is 284. The van der Waals surface area contributed by atoms with Gasteiger partial charge in [0.1, 0.15) is 8.00 Å². The third-order valence-corrected chi connectivity index (χ3v) is 4.56. The van der Waals surface area contributed by atoms with E-state index in [0.29, 0.717) is 0 Å². The first kappa shape index (κ1) is 9.62. The SMILES string of the molecule is CCN(CC)p1n(C)c(=O)n1C. The fourth-order valence-electron chi connectivity index (χ4n) is 1.38. The summed E-state index contributed by atoms with van der Waals surface area (Å²) in [6.45, 7) is 6.25. The Labute approximate surface area is 73.6 Å². The average molecular weight is 189 g/mol. The Morgan fingerprint density at radius 1 is 1.25 bits per heavy atom. The Morgan fingerprint density at radius 3 is 2.00 bits per heavy atom. The molecule has 0 amide bonds. The molecule has 0 atom stereocenters. The van der Waals surface area contributed by atoms with Crippen LogP contribution in [0.1, 0.15) is 13.8 Å². The Kier molecular flexibility index (Phi) is 2.80. The van der Waals surface area contributed by atoms with Gasteiger partial charge in [-0.1, -0.05) is 13.8 Å². The van der Waals surface area contributed by atoms with E-state index in [1.165, 1.54) is 0 Å². The normalized spacial score (nSPS) is 11.4. The monoisotopic (exact) mass is 189 g/mol. The summed E-state index contributed by atoms with van der Waals surface area (Å²) in [4.78, 5) is 11.1. The van der Waals surface area contributed by atoms with Crippen LogP contribution in [0.15, 0.2) is 4.79 Å². The van der Waals surface area contributed by atoms with Crippen molar-refractivity contribution in [3.05, 3.63) is 10.5 Å². The third-order valence-electron chi connectivity index (χ3n) is 2.07. The standard InChI is InChI=1S/C7H16N3OP/c1-5-10(6-2)12-8(3)7(11)9(12)4/h5-6H2,1-4H3. The lowest BCUT2D eigenvalue weighted by Gasteiger charge is -2.27. The zero-order valence-corrected chi connectivity index (χ0v) is 9.01. The van der Waals surface area contributed by atoms with Gasteiger partial charge in [0.2, 0.25) is 0 Å². The van der Waals surface area contributed by atoms with Crippen LogP contribution < -0.4 is 10.4 Å². The van der Waals surface area contributed by atoms with Gasteiger partial charge >= 0.3 is 5.69 Å². The summed E-state index contributed by atoms with van der Waals surface area (Å²) in [6, 6.07) is 0. The smallest absolute Gasteiger partial charge is 0.261 e. The lowest BCUT2D eigenvalue weighted by atomic mass is 10.7. The van der Waals surface area contributed by atoms with Crippen LogP contribution in [0.4, 0.5) is 0 Å². The van der Waals surface area contributed by atoms with E-state index in [1.54, 1.807) is 0 Å². The third kappa shape index (κ3) is 1.25. The maximum Gasteiger partial charge on any atom is 0.337 e. The van der Waals surface area contributed by atoms with E-state index in [0.717, 1.165) is 13.1 Å². The molecule has 4 nitrogen and oxygen atoms in total. The molecule has 0 aliphatic heterocycles. The summed E-state index contributed by atoms with van der Waals surface area (Å²) in [5.74, 6) is 0. The van der Waals surface area contributed by atoms with Crippen molar-refractivity contribution in [1.29, 1.82) is 0 Å². The summed E-state index contributed by atoms with van der Waals surface area (Å²) in [7, 11) is 3.26. The highest BCUT2D eigenvalue weighted by Gasteiger charge is 2.16. The van der Waals surface area contributed by atoms with Crippen molar-refractivity contribution < 1.29 is 0 Å². The summed E-state index contributed by atoms with van der Waals surface area (Å²) < 4.78 is 5.95. The Morgan fingerprint density at radius 2 is 1.67 bits per heavy atom. The molecule has 0 aliphatic carbocycles. The van der Waals surface area contributed by atoms with Gasteiger partial charge in [-0.05, 0) is 0 Å². The van der Waals surface area contributed by atoms with Crippen LogP contribution in [0.2, 0.25) is 0 Å². The zero-order valence-electron chi connectivity index (χ0n) is 8.11. The molecule has 1 heterocycles. The average Bonchev–Trinajstić information content (AvgIpc) is 2.12. The Hall–Kier alpha value is -0.470. The first-order valence-electron chi connectivity index (χ1n) is 4.19. The van der Waals surface area contributed by atoms with E-state index in [4.69, 9.17) is 0 Å². The molecule has 5 heteroatoms. The van der Waals surface area contributed by atoms with Gasteiger partial charge < -0.3 is 0 Å². The van der Waals surface area contributed by atoms with Crippen LogP contribution in [0.3, 0.4) is 0 Å².